The third kappa shape index (κ3) is 2.94. The van der Waals surface area contributed by atoms with Gasteiger partial charge in [0.1, 0.15) is 6.04 Å². The molecule has 1 aliphatic rings. The number of carboxylic acid groups (broad SMARTS) is 1. The van der Waals surface area contributed by atoms with Crippen LogP contribution in [0.25, 0.3) is 0 Å². The molecule has 0 radical (unpaired) electrons. The zero-order chi connectivity index (χ0) is 11.5. The highest BCUT2D eigenvalue weighted by molar-refractivity contribution is 5.74. The van der Waals surface area contributed by atoms with E-state index >= 15 is 0 Å². The van der Waals surface area contributed by atoms with Gasteiger partial charge in [0.15, 0.2) is 0 Å². The van der Waals surface area contributed by atoms with Gasteiger partial charge in [0, 0.05) is 0 Å². The monoisotopic (exact) mass is 213 g/mol. The lowest BCUT2D eigenvalue weighted by Crippen LogP contribution is -2.48. The van der Waals surface area contributed by atoms with Gasteiger partial charge in [-0.05, 0) is 24.2 Å². The summed E-state index contributed by atoms with van der Waals surface area (Å²) in [5.74, 6) is -0.407. The zero-order valence-corrected chi connectivity index (χ0v) is 9.83. The van der Waals surface area contributed by atoms with Crippen LogP contribution in [0.5, 0.6) is 0 Å². The second-order valence-corrected chi connectivity index (χ2v) is 5.33. The molecule has 0 amide bonds. The Bertz CT molecular complexity index is 218. The number of hydrogen-bond acceptors (Lipinski definition) is 2. The van der Waals surface area contributed by atoms with Crippen LogP contribution in [0.15, 0.2) is 0 Å². The molecule has 15 heavy (non-hydrogen) atoms. The summed E-state index contributed by atoms with van der Waals surface area (Å²) in [5.41, 5.74) is 5.50. The van der Waals surface area contributed by atoms with Gasteiger partial charge in [-0.25, -0.2) is 0 Å². The van der Waals surface area contributed by atoms with Crippen molar-refractivity contribution in [2.24, 2.45) is 17.1 Å². The molecular weight excluding hydrogens is 190 g/mol. The first-order chi connectivity index (χ1) is 6.96. The van der Waals surface area contributed by atoms with Crippen LogP contribution in [0.1, 0.15) is 52.4 Å². The topological polar surface area (TPSA) is 63.3 Å². The van der Waals surface area contributed by atoms with Gasteiger partial charge in [-0.1, -0.05) is 39.5 Å². The molecular formula is C12H23NO2. The third-order valence-corrected chi connectivity index (χ3v) is 3.97. The third-order valence-electron chi connectivity index (χ3n) is 3.97. The fourth-order valence-corrected chi connectivity index (χ4v) is 2.60. The Morgan fingerprint density at radius 1 is 1.27 bits per heavy atom. The van der Waals surface area contributed by atoms with E-state index < -0.39 is 12.0 Å². The Morgan fingerprint density at radius 3 is 2.13 bits per heavy atom. The van der Waals surface area contributed by atoms with Crippen molar-refractivity contribution in [3.63, 3.8) is 0 Å². The predicted octanol–water partition coefficient (Wildman–Crippen LogP) is 2.39. The molecule has 3 nitrogen and oxygen atoms in total. The van der Waals surface area contributed by atoms with Crippen LogP contribution < -0.4 is 5.73 Å². The number of hydrogen-bond donors (Lipinski definition) is 2. The van der Waals surface area contributed by atoms with Crippen molar-refractivity contribution in [2.75, 3.05) is 0 Å². The van der Waals surface area contributed by atoms with Crippen molar-refractivity contribution in [2.45, 2.75) is 58.4 Å². The smallest absolute Gasteiger partial charge is 0.321 e. The molecule has 0 aromatic rings. The van der Waals surface area contributed by atoms with Crippen molar-refractivity contribution in [1.29, 1.82) is 0 Å². The van der Waals surface area contributed by atoms with Crippen LogP contribution >= 0.6 is 0 Å². The van der Waals surface area contributed by atoms with E-state index in [1.165, 1.54) is 25.7 Å². The second-order valence-electron chi connectivity index (χ2n) is 5.33. The Balaban J connectivity index is 2.69. The zero-order valence-electron chi connectivity index (χ0n) is 9.83. The van der Waals surface area contributed by atoms with Gasteiger partial charge < -0.3 is 10.8 Å². The van der Waals surface area contributed by atoms with Crippen molar-refractivity contribution in [3.8, 4) is 0 Å². The van der Waals surface area contributed by atoms with Gasteiger partial charge in [0.2, 0.25) is 0 Å². The first-order valence-electron chi connectivity index (χ1n) is 5.94. The van der Waals surface area contributed by atoms with Crippen LogP contribution in [0.4, 0.5) is 0 Å². The molecule has 0 saturated heterocycles. The number of carbonyl (C=O) groups is 1. The molecule has 1 rings (SSSR count). The van der Waals surface area contributed by atoms with E-state index in [0.717, 1.165) is 12.8 Å². The van der Waals surface area contributed by atoms with Crippen LogP contribution in [0.2, 0.25) is 0 Å². The standard InChI is InChI=1S/C12H23NO2/c1-12(2,10(13)11(14)15)9-7-5-3-4-6-8-9/h9-10H,3-8,13H2,1-2H3,(H,14,15). The Kier molecular flexibility index (Phi) is 4.14. The van der Waals surface area contributed by atoms with E-state index in [4.69, 9.17) is 10.8 Å². The normalized spacial score (nSPS) is 22.1. The summed E-state index contributed by atoms with van der Waals surface area (Å²) in [6.07, 6.45) is 7.28. The first-order valence-corrected chi connectivity index (χ1v) is 5.94. The Hall–Kier alpha value is -0.570. The molecule has 3 heteroatoms. The highest BCUT2D eigenvalue weighted by Crippen LogP contribution is 2.39. The Morgan fingerprint density at radius 2 is 1.73 bits per heavy atom. The van der Waals surface area contributed by atoms with Crippen molar-refractivity contribution in [1.82, 2.24) is 0 Å². The summed E-state index contributed by atoms with van der Waals surface area (Å²) in [5, 5.41) is 8.99. The van der Waals surface area contributed by atoms with Crippen molar-refractivity contribution >= 4 is 5.97 Å². The number of rotatable bonds is 3. The fourth-order valence-electron chi connectivity index (χ4n) is 2.60. The average Bonchev–Trinajstić information content (AvgIpc) is 2.44. The highest BCUT2D eigenvalue weighted by atomic mass is 16.4. The maximum Gasteiger partial charge on any atom is 0.321 e. The Labute approximate surface area is 92.0 Å². The van der Waals surface area contributed by atoms with Crippen molar-refractivity contribution < 1.29 is 9.90 Å². The van der Waals surface area contributed by atoms with E-state index in [1.54, 1.807) is 0 Å². The van der Waals surface area contributed by atoms with Gasteiger partial charge in [-0.3, -0.25) is 4.79 Å². The minimum Gasteiger partial charge on any atom is -0.480 e. The van der Waals surface area contributed by atoms with Gasteiger partial charge >= 0.3 is 5.97 Å². The molecule has 0 aliphatic heterocycles. The molecule has 0 aromatic heterocycles. The maximum atomic E-state index is 10.9. The second kappa shape index (κ2) is 4.97. The molecule has 88 valence electrons. The molecule has 1 atom stereocenters. The van der Waals surface area contributed by atoms with Gasteiger partial charge in [0.25, 0.3) is 0 Å². The SMILES string of the molecule is CC(C)(C1CCCCCC1)C(N)C(=O)O. The number of aliphatic carboxylic acids is 1. The highest BCUT2D eigenvalue weighted by Gasteiger charge is 2.38. The lowest BCUT2D eigenvalue weighted by atomic mass is 9.70. The summed E-state index contributed by atoms with van der Waals surface area (Å²) in [4.78, 5) is 10.9. The molecule has 3 N–H and O–H groups in total. The van der Waals surface area contributed by atoms with Gasteiger partial charge in [0.05, 0.1) is 0 Å². The molecule has 0 spiro atoms. The largest absolute Gasteiger partial charge is 0.480 e. The van der Waals surface area contributed by atoms with Gasteiger partial charge in [-0.15, -0.1) is 0 Å². The first kappa shape index (κ1) is 12.5. The quantitative estimate of drug-likeness (QED) is 0.707. The van der Waals surface area contributed by atoms with E-state index in [2.05, 4.69) is 0 Å². The molecule has 0 aromatic carbocycles. The molecule has 1 aliphatic carbocycles. The van der Waals surface area contributed by atoms with Crippen LogP contribution in [0, 0.1) is 11.3 Å². The maximum absolute atomic E-state index is 10.9. The molecule has 0 heterocycles. The van der Waals surface area contributed by atoms with E-state index in [1.807, 2.05) is 13.8 Å². The average molecular weight is 213 g/mol. The van der Waals surface area contributed by atoms with Crippen molar-refractivity contribution in [3.05, 3.63) is 0 Å². The predicted molar refractivity (Wildman–Crippen MR) is 60.6 cm³/mol. The summed E-state index contributed by atoms with van der Waals surface area (Å²) in [7, 11) is 0. The minimum atomic E-state index is -0.871. The summed E-state index contributed by atoms with van der Waals surface area (Å²) < 4.78 is 0. The van der Waals surface area contributed by atoms with Gasteiger partial charge in [-0.2, -0.15) is 0 Å². The van der Waals surface area contributed by atoms with E-state index in [9.17, 15) is 4.79 Å². The molecule has 1 fully saturated rings. The van der Waals surface area contributed by atoms with Crippen LogP contribution in [-0.4, -0.2) is 17.1 Å². The molecule has 1 saturated carbocycles. The summed E-state index contributed by atoms with van der Waals surface area (Å²) >= 11 is 0. The van der Waals surface area contributed by atoms with E-state index in [-0.39, 0.29) is 5.41 Å². The molecule has 0 bridgehead atoms. The lowest BCUT2D eigenvalue weighted by molar-refractivity contribution is -0.142. The molecule has 1 unspecified atom stereocenters. The van der Waals surface area contributed by atoms with Crippen LogP contribution in [0.3, 0.4) is 0 Å². The lowest BCUT2D eigenvalue weighted by Gasteiger charge is -2.36. The van der Waals surface area contributed by atoms with Crippen LogP contribution in [-0.2, 0) is 4.79 Å². The minimum absolute atomic E-state index is 0.282. The number of carboxylic acids is 1. The summed E-state index contributed by atoms with van der Waals surface area (Å²) in [6, 6.07) is -0.736. The number of nitrogens with two attached hydrogens (primary N) is 1. The summed E-state index contributed by atoms with van der Waals surface area (Å²) in [6.45, 7) is 4.00. The fraction of sp³-hybridized carbons (Fsp3) is 0.917. The van der Waals surface area contributed by atoms with E-state index in [0.29, 0.717) is 5.92 Å².